The third-order valence-corrected chi connectivity index (χ3v) is 7.53. The Hall–Kier alpha value is -1.12. The van der Waals surface area contributed by atoms with Crippen molar-refractivity contribution in [1.82, 2.24) is 0 Å². The molecule has 1 atom stereocenters. The fraction of sp³-hybridized carbons (Fsp3) is 0.769. The molecule has 0 heterocycles. The van der Waals surface area contributed by atoms with Crippen LogP contribution in [0.15, 0.2) is 12.1 Å². The average molecular weight is 407 g/mol. The third kappa shape index (κ3) is 5.95. The van der Waals surface area contributed by atoms with E-state index in [2.05, 4.69) is 6.92 Å². The summed E-state index contributed by atoms with van der Waals surface area (Å²) in [4.78, 5) is 0. The number of ether oxygens (including phenoxy) is 1. The molecule has 164 valence electrons. The first kappa shape index (κ1) is 22.6. The first-order chi connectivity index (χ1) is 14.0. The van der Waals surface area contributed by atoms with Crippen molar-refractivity contribution in [2.24, 2.45) is 17.8 Å². The molecular formula is C26H40F2O. The van der Waals surface area contributed by atoms with Crippen LogP contribution in [-0.4, -0.2) is 6.10 Å². The molecule has 2 saturated carbocycles. The zero-order chi connectivity index (χ0) is 20.8. The Kier molecular flexibility index (Phi) is 8.38. The second-order valence-electron chi connectivity index (χ2n) is 9.71. The summed E-state index contributed by atoms with van der Waals surface area (Å²) in [5, 5.41) is 0. The van der Waals surface area contributed by atoms with Gasteiger partial charge in [-0.15, -0.1) is 0 Å². The van der Waals surface area contributed by atoms with Crippen molar-refractivity contribution in [3.63, 3.8) is 0 Å². The predicted octanol–water partition coefficient (Wildman–Crippen LogP) is 8.41. The molecular weight excluding hydrogens is 366 g/mol. The maximum atomic E-state index is 14.6. The molecule has 0 amide bonds. The zero-order valence-corrected chi connectivity index (χ0v) is 18.7. The summed E-state index contributed by atoms with van der Waals surface area (Å²) in [6, 6.07) is 3.05. The fourth-order valence-corrected chi connectivity index (χ4v) is 5.87. The molecule has 1 nitrogen and oxygen atoms in total. The Balaban J connectivity index is 1.54. The molecule has 1 unspecified atom stereocenters. The van der Waals surface area contributed by atoms with Crippen molar-refractivity contribution in [2.75, 3.05) is 0 Å². The number of hydrogen-bond donors (Lipinski definition) is 0. The number of hydrogen-bond acceptors (Lipinski definition) is 1. The Labute approximate surface area is 176 Å². The Morgan fingerprint density at radius 1 is 0.862 bits per heavy atom. The molecule has 2 fully saturated rings. The van der Waals surface area contributed by atoms with Crippen LogP contribution in [-0.2, 0) is 0 Å². The quantitative estimate of drug-likeness (QED) is 0.421. The van der Waals surface area contributed by atoms with Gasteiger partial charge in [0.2, 0.25) is 0 Å². The third-order valence-electron chi connectivity index (χ3n) is 7.53. The summed E-state index contributed by atoms with van der Waals surface area (Å²) in [5.41, 5.74) is 0.820. The van der Waals surface area contributed by atoms with Gasteiger partial charge in [0, 0.05) is 0 Å². The average Bonchev–Trinajstić information content (AvgIpc) is 2.72. The summed E-state index contributed by atoms with van der Waals surface area (Å²) in [6.07, 6.45) is 14.4. The van der Waals surface area contributed by atoms with Gasteiger partial charge in [0.25, 0.3) is 0 Å². The Morgan fingerprint density at radius 2 is 1.41 bits per heavy atom. The molecule has 1 aromatic rings. The van der Waals surface area contributed by atoms with E-state index in [-0.39, 0.29) is 17.8 Å². The topological polar surface area (TPSA) is 9.23 Å². The van der Waals surface area contributed by atoms with E-state index in [4.69, 9.17) is 4.74 Å². The van der Waals surface area contributed by atoms with Crippen LogP contribution in [0.5, 0.6) is 5.75 Å². The molecule has 0 aromatic heterocycles. The molecule has 0 saturated heterocycles. The van der Waals surface area contributed by atoms with Crippen LogP contribution in [0.25, 0.3) is 0 Å². The SMILES string of the molecule is CCCC1CCC(C2CCC(c3cc(F)c(OC(C)CCC)c(F)c3)CC2)CC1. The second-order valence-corrected chi connectivity index (χ2v) is 9.71. The van der Waals surface area contributed by atoms with Gasteiger partial charge in [-0.25, -0.2) is 8.78 Å². The number of halogens is 2. The Bertz CT molecular complexity index is 605. The van der Waals surface area contributed by atoms with Crippen LogP contribution in [0.2, 0.25) is 0 Å². The Morgan fingerprint density at radius 3 is 1.93 bits per heavy atom. The van der Waals surface area contributed by atoms with Crippen molar-refractivity contribution in [3.05, 3.63) is 29.3 Å². The van der Waals surface area contributed by atoms with Crippen LogP contribution >= 0.6 is 0 Å². The van der Waals surface area contributed by atoms with Gasteiger partial charge >= 0.3 is 0 Å². The molecule has 29 heavy (non-hydrogen) atoms. The monoisotopic (exact) mass is 406 g/mol. The highest BCUT2D eigenvalue weighted by Crippen LogP contribution is 2.45. The lowest BCUT2D eigenvalue weighted by Gasteiger charge is -2.38. The first-order valence-corrected chi connectivity index (χ1v) is 12.2. The van der Waals surface area contributed by atoms with Crippen LogP contribution in [0.1, 0.15) is 109 Å². The van der Waals surface area contributed by atoms with Crippen molar-refractivity contribution in [1.29, 1.82) is 0 Å². The highest BCUT2D eigenvalue weighted by molar-refractivity contribution is 5.33. The van der Waals surface area contributed by atoms with Gasteiger partial charge in [-0.2, -0.15) is 0 Å². The minimum Gasteiger partial charge on any atom is -0.485 e. The molecule has 3 rings (SSSR count). The van der Waals surface area contributed by atoms with Crippen LogP contribution < -0.4 is 4.74 Å². The smallest absolute Gasteiger partial charge is 0.191 e. The van der Waals surface area contributed by atoms with Gasteiger partial charge in [-0.05, 0) is 93.2 Å². The second kappa shape index (κ2) is 10.8. The maximum Gasteiger partial charge on any atom is 0.191 e. The fourth-order valence-electron chi connectivity index (χ4n) is 5.87. The van der Waals surface area contributed by atoms with Gasteiger partial charge < -0.3 is 4.74 Å². The minimum absolute atomic E-state index is 0.169. The molecule has 0 N–H and O–H groups in total. The normalized spacial score (nSPS) is 28.9. The lowest BCUT2D eigenvalue weighted by molar-refractivity contribution is 0.156. The van der Waals surface area contributed by atoms with E-state index in [0.29, 0.717) is 0 Å². The molecule has 0 radical (unpaired) electrons. The largest absolute Gasteiger partial charge is 0.485 e. The van der Waals surface area contributed by atoms with Gasteiger partial charge in [0.15, 0.2) is 17.4 Å². The lowest BCUT2D eigenvalue weighted by Crippen LogP contribution is -2.25. The molecule has 0 spiro atoms. The number of benzene rings is 1. The summed E-state index contributed by atoms with van der Waals surface area (Å²) < 4.78 is 34.7. The zero-order valence-electron chi connectivity index (χ0n) is 18.7. The molecule has 0 bridgehead atoms. The summed E-state index contributed by atoms with van der Waals surface area (Å²) >= 11 is 0. The van der Waals surface area contributed by atoms with Crippen LogP contribution in [0.3, 0.4) is 0 Å². The van der Waals surface area contributed by atoms with Crippen molar-refractivity contribution < 1.29 is 13.5 Å². The number of rotatable bonds is 8. The lowest BCUT2D eigenvalue weighted by atomic mass is 9.68. The van der Waals surface area contributed by atoms with Crippen LogP contribution in [0.4, 0.5) is 8.78 Å². The van der Waals surface area contributed by atoms with Gasteiger partial charge in [0.1, 0.15) is 0 Å². The van der Waals surface area contributed by atoms with Gasteiger partial charge in [-0.1, -0.05) is 46.0 Å². The van der Waals surface area contributed by atoms with E-state index in [9.17, 15) is 8.78 Å². The summed E-state index contributed by atoms with van der Waals surface area (Å²) in [6.45, 7) is 6.21. The van der Waals surface area contributed by atoms with E-state index in [1.807, 2.05) is 13.8 Å². The van der Waals surface area contributed by atoms with Crippen LogP contribution in [0, 0.1) is 29.4 Å². The molecule has 2 aliphatic carbocycles. The molecule has 2 aliphatic rings. The van der Waals surface area contributed by atoms with E-state index >= 15 is 0 Å². The highest BCUT2D eigenvalue weighted by Gasteiger charge is 2.31. The standard InChI is InChI=1S/C26H40F2O/c1-4-6-18(3)29-26-24(27)16-23(17-25(26)28)22-14-12-21(13-15-22)20-10-8-19(7-5-2)9-11-20/h16-22H,4-15H2,1-3H3. The molecule has 1 aromatic carbocycles. The van der Waals surface area contributed by atoms with E-state index in [0.717, 1.165) is 49.0 Å². The first-order valence-electron chi connectivity index (χ1n) is 12.2. The summed E-state index contributed by atoms with van der Waals surface area (Å²) in [7, 11) is 0. The van der Waals surface area contributed by atoms with Crippen molar-refractivity contribution in [3.8, 4) is 5.75 Å². The molecule has 0 aliphatic heterocycles. The van der Waals surface area contributed by atoms with E-state index in [1.54, 1.807) is 0 Å². The van der Waals surface area contributed by atoms with Crippen molar-refractivity contribution >= 4 is 0 Å². The maximum absolute atomic E-state index is 14.6. The van der Waals surface area contributed by atoms with Crippen molar-refractivity contribution in [2.45, 2.75) is 110 Å². The van der Waals surface area contributed by atoms with E-state index in [1.165, 1.54) is 63.5 Å². The van der Waals surface area contributed by atoms with Gasteiger partial charge in [-0.3, -0.25) is 0 Å². The highest BCUT2D eigenvalue weighted by atomic mass is 19.1. The predicted molar refractivity (Wildman–Crippen MR) is 116 cm³/mol. The van der Waals surface area contributed by atoms with Gasteiger partial charge in [0.05, 0.1) is 6.10 Å². The summed E-state index contributed by atoms with van der Waals surface area (Å²) in [5.74, 6) is 1.66. The minimum atomic E-state index is -0.542. The van der Waals surface area contributed by atoms with E-state index < -0.39 is 11.6 Å². The molecule has 3 heteroatoms.